The van der Waals surface area contributed by atoms with Crippen molar-refractivity contribution in [2.45, 2.75) is 13.0 Å². The first-order valence-electron chi connectivity index (χ1n) is 11.0. The molecule has 0 amide bonds. The minimum Gasteiger partial charge on any atom is -0.371 e. The predicted molar refractivity (Wildman–Crippen MR) is 136 cm³/mol. The monoisotopic (exact) mass is 455 g/mol. The van der Waals surface area contributed by atoms with Crippen molar-refractivity contribution in [3.8, 4) is 16.3 Å². The van der Waals surface area contributed by atoms with Gasteiger partial charge in [-0.15, -0.1) is 11.3 Å². The second kappa shape index (κ2) is 9.85. The summed E-state index contributed by atoms with van der Waals surface area (Å²) >= 11 is 1.70. The van der Waals surface area contributed by atoms with Gasteiger partial charge in [-0.3, -0.25) is 4.79 Å². The molecule has 33 heavy (non-hydrogen) atoms. The van der Waals surface area contributed by atoms with Crippen LogP contribution in [0.25, 0.3) is 27.2 Å². The van der Waals surface area contributed by atoms with Crippen LogP contribution in [0.3, 0.4) is 0 Å². The van der Waals surface area contributed by atoms with Crippen molar-refractivity contribution < 1.29 is 0 Å². The molecule has 5 aromatic rings. The van der Waals surface area contributed by atoms with E-state index >= 15 is 0 Å². The summed E-state index contributed by atoms with van der Waals surface area (Å²) in [5.74, 6) is 0.753. The van der Waals surface area contributed by atoms with Crippen LogP contribution >= 0.6 is 11.3 Å². The van der Waals surface area contributed by atoms with E-state index in [1.54, 1.807) is 17.4 Å². The van der Waals surface area contributed by atoms with Gasteiger partial charge in [-0.1, -0.05) is 36.4 Å². The highest BCUT2D eigenvalue weighted by Crippen LogP contribution is 2.27. The molecule has 166 valence electrons. The smallest absolute Gasteiger partial charge is 0.191 e. The van der Waals surface area contributed by atoms with Gasteiger partial charge in [0.15, 0.2) is 5.43 Å². The molecule has 0 unspecified atom stereocenters. The molecule has 0 aliphatic rings. The Morgan fingerprint density at radius 3 is 2.67 bits per heavy atom. The van der Waals surface area contributed by atoms with Crippen LogP contribution in [0, 0.1) is 0 Å². The summed E-state index contributed by atoms with van der Waals surface area (Å²) in [6.45, 7) is 2.36. The summed E-state index contributed by atoms with van der Waals surface area (Å²) in [5.41, 5.74) is 4.13. The van der Waals surface area contributed by atoms with Gasteiger partial charge in [0, 0.05) is 36.3 Å². The maximum atomic E-state index is 12.2. The van der Waals surface area contributed by atoms with Crippen LogP contribution in [0.4, 0.5) is 5.82 Å². The van der Waals surface area contributed by atoms with Crippen molar-refractivity contribution in [2.24, 2.45) is 0 Å². The Morgan fingerprint density at radius 2 is 1.82 bits per heavy atom. The molecule has 0 aliphatic heterocycles. The van der Waals surface area contributed by atoms with Crippen molar-refractivity contribution >= 4 is 28.1 Å². The normalized spacial score (nSPS) is 11.2. The van der Waals surface area contributed by atoms with Crippen molar-refractivity contribution in [3.05, 3.63) is 100 Å². The third kappa shape index (κ3) is 4.89. The lowest BCUT2D eigenvalue weighted by atomic mass is 10.2. The Kier molecular flexibility index (Phi) is 6.32. The topological polar surface area (TPSA) is 74.7 Å². The standard InChI is InChI=1S/C26H25N5OS/c32-23-16-25(29-22-11-5-4-10-21(22)23)28-14-7-13-27-17-19-18-31(20-8-2-1-3-9-20)30-26(19)24-12-6-15-33-24/h1-6,8-12,15-16,18,27H,7,13-14,17H2,(H2,28,29,32). The van der Waals surface area contributed by atoms with E-state index in [0.717, 1.165) is 48.8 Å². The number of hydrogen-bond acceptors (Lipinski definition) is 5. The van der Waals surface area contributed by atoms with E-state index in [2.05, 4.69) is 51.5 Å². The number of nitrogens with zero attached hydrogens (tertiary/aromatic N) is 2. The first kappa shape index (κ1) is 21.2. The predicted octanol–water partition coefficient (Wildman–Crippen LogP) is 5.03. The molecular formula is C26H25N5OS. The highest BCUT2D eigenvalue weighted by atomic mass is 32.1. The molecule has 6 nitrogen and oxygen atoms in total. The second-order valence-corrected chi connectivity index (χ2v) is 8.76. The van der Waals surface area contributed by atoms with Gasteiger partial charge in [0.05, 0.1) is 16.1 Å². The molecule has 0 fully saturated rings. The number of hydrogen-bond donors (Lipinski definition) is 3. The molecule has 3 N–H and O–H groups in total. The van der Waals surface area contributed by atoms with Gasteiger partial charge < -0.3 is 15.6 Å². The molecule has 0 saturated carbocycles. The summed E-state index contributed by atoms with van der Waals surface area (Å²) in [6.07, 6.45) is 3.03. The number of aromatic nitrogens is 3. The summed E-state index contributed by atoms with van der Waals surface area (Å²) in [7, 11) is 0. The van der Waals surface area contributed by atoms with Gasteiger partial charge in [-0.25, -0.2) is 4.68 Å². The SMILES string of the molecule is O=c1cc(NCCCNCc2cn(-c3ccccc3)nc2-c2cccs2)[nH]c2ccccc12. The molecule has 0 saturated heterocycles. The molecule has 0 radical (unpaired) electrons. The van der Waals surface area contributed by atoms with Crippen LogP contribution < -0.4 is 16.1 Å². The lowest BCUT2D eigenvalue weighted by Gasteiger charge is -2.08. The number of H-pyrrole nitrogens is 1. The zero-order valence-corrected chi connectivity index (χ0v) is 18.9. The zero-order chi connectivity index (χ0) is 22.5. The Balaban J connectivity index is 1.18. The molecular weight excluding hydrogens is 430 g/mol. The van der Waals surface area contributed by atoms with Crippen LogP contribution in [-0.4, -0.2) is 27.9 Å². The molecule has 2 aromatic carbocycles. The van der Waals surface area contributed by atoms with E-state index in [1.807, 2.05) is 47.1 Å². The Morgan fingerprint density at radius 1 is 0.970 bits per heavy atom. The van der Waals surface area contributed by atoms with Crippen molar-refractivity contribution in [3.63, 3.8) is 0 Å². The van der Waals surface area contributed by atoms with Crippen molar-refractivity contribution in [1.29, 1.82) is 0 Å². The Labute approximate surface area is 195 Å². The van der Waals surface area contributed by atoms with Gasteiger partial charge >= 0.3 is 0 Å². The second-order valence-electron chi connectivity index (χ2n) is 7.81. The molecule has 0 aliphatic carbocycles. The number of nitrogens with one attached hydrogen (secondary N) is 3. The summed E-state index contributed by atoms with van der Waals surface area (Å²) < 4.78 is 1.95. The fourth-order valence-corrected chi connectivity index (χ4v) is 4.57. The average molecular weight is 456 g/mol. The number of para-hydroxylation sites is 2. The summed E-state index contributed by atoms with van der Waals surface area (Å²) in [6, 6.07) is 23.5. The number of aromatic amines is 1. The van der Waals surface area contributed by atoms with Crippen LogP contribution in [0.1, 0.15) is 12.0 Å². The molecule has 0 atom stereocenters. The van der Waals surface area contributed by atoms with E-state index in [9.17, 15) is 4.79 Å². The van der Waals surface area contributed by atoms with Gasteiger partial charge in [0.2, 0.25) is 0 Å². The number of rotatable bonds is 9. The number of anilines is 1. The molecule has 0 spiro atoms. The number of benzene rings is 2. The minimum atomic E-state index is 0.0292. The largest absolute Gasteiger partial charge is 0.371 e. The number of fused-ring (bicyclic) bond motifs is 1. The third-order valence-corrected chi connectivity index (χ3v) is 6.34. The highest BCUT2D eigenvalue weighted by Gasteiger charge is 2.13. The van der Waals surface area contributed by atoms with Crippen LogP contribution in [0.5, 0.6) is 0 Å². The molecule has 5 rings (SSSR count). The molecule has 3 aromatic heterocycles. The van der Waals surface area contributed by atoms with E-state index < -0.39 is 0 Å². The van der Waals surface area contributed by atoms with E-state index in [-0.39, 0.29) is 5.43 Å². The number of pyridine rings is 1. The maximum Gasteiger partial charge on any atom is 0.191 e. The third-order valence-electron chi connectivity index (χ3n) is 5.46. The first-order chi connectivity index (χ1) is 16.3. The fraction of sp³-hybridized carbons (Fsp3) is 0.154. The van der Waals surface area contributed by atoms with Gasteiger partial charge in [0.25, 0.3) is 0 Å². The maximum absolute atomic E-state index is 12.2. The zero-order valence-electron chi connectivity index (χ0n) is 18.1. The van der Waals surface area contributed by atoms with Crippen LogP contribution in [-0.2, 0) is 6.54 Å². The van der Waals surface area contributed by atoms with E-state index in [1.165, 1.54) is 10.4 Å². The van der Waals surface area contributed by atoms with Crippen LogP contribution in [0.2, 0.25) is 0 Å². The lowest BCUT2D eigenvalue weighted by molar-refractivity contribution is 0.663. The average Bonchev–Trinajstić information content (AvgIpc) is 3.52. The van der Waals surface area contributed by atoms with E-state index in [4.69, 9.17) is 5.10 Å². The highest BCUT2D eigenvalue weighted by molar-refractivity contribution is 7.13. The quantitative estimate of drug-likeness (QED) is 0.272. The molecule has 0 bridgehead atoms. The van der Waals surface area contributed by atoms with Crippen molar-refractivity contribution in [1.82, 2.24) is 20.1 Å². The first-order valence-corrected chi connectivity index (χ1v) is 11.9. The van der Waals surface area contributed by atoms with Crippen molar-refractivity contribution in [2.75, 3.05) is 18.4 Å². The number of thiophene rings is 1. The summed E-state index contributed by atoms with van der Waals surface area (Å²) in [4.78, 5) is 16.7. The van der Waals surface area contributed by atoms with Gasteiger partial charge in [0.1, 0.15) is 11.5 Å². The lowest BCUT2D eigenvalue weighted by Crippen LogP contribution is -2.18. The van der Waals surface area contributed by atoms with E-state index in [0.29, 0.717) is 5.39 Å². The van der Waals surface area contributed by atoms with Crippen LogP contribution in [0.15, 0.2) is 89.2 Å². The van der Waals surface area contributed by atoms with Gasteiger partial charge in [-0.2, -0.15) is 5.10 Å². The summed E-state index contributed by atoms with van der Waals surface area (Å²) in [5, 5.41) is 14.5. The fourth-order valence-electron chi connectivity index (χ4n) is 3.82. The van der Waals surface area contributed by atoms with Gasteiger partial charge in [-0.05, 0) is 48.7 Å². The molecule has 7 heteroatoms. The minimum absolute atomic E-state index is 0.0292. The molecule has 3 heterocycles. The Hall–Kier alpha value is -3.68. The Bertz CT molecular complexity index is 1390.